The monoisotopic (exact) mass is 283 g/mol. The fourth-order valence-electron chi connectivity index (χ4n) is 2.26. The third kappa shape index (κ3) is 6.85. The van der Waals surface area contributed by atoms with Gasteiger partial charge in [-0.3, -0.25) is 0 Å². The van der Waals surface area contributed by atoms with Gasteiger partial charge in [0, 0.05) is 28.3 Å². The Kier molecular flexibility index (Phi) is 6.69. The van der Waals surface area contributed by atoms with Crippen molar-refractivity contribution in [1.82, 2.24) is 5.32 Å². The van der Waals surface area contributed by atoms with Crippen LogP contribution in [0.5, 0.6) is 0 Å². The highest BCUT2D eigenvalue weighted by Crippen LogP contribution is 2.26. The van der Waals surface area contributed by atoms with Crippen molar-refractivity contribution in [3.8, 4) is 0 Å². The highest BCUT2D eigenvalue weighted by molar-refractivity contribution is 6.76. The van der Waals surface area contributed by atoms with Crippen LogP contribution in [0.25, 0.3) is 0 Å². The molecule has 0 spiro atoms. The molecule has 0 saturated carbocycles. The molecule has 1 atom stereocenters. The van der Waals surface area contributed by atoms with E-state index in [4.69, 9.17) is 4.74 Å². The first-order valence-electron chi connectivity index (χ1n) is 6.87. The molecule has 0 aliphatic rings. The Morgan fingerprint density at radius 2 is 2.05 bits per heavy atom. The molecule has 2 nitrogen and oxygen atoms in total. The number of hydrogen-bond donors (Lipinski definition) is 1. The lowest BCUT2D eigenvalue weighted by Crippen LogP contribution is -2.30. The molecule has 1 unspecified atom stereocenters. The van der Waals surface area contributed by atoms with Crippen molar-refractivity contribution in [3.05, 3.63) is 35.6 Å². The fourth-order valence-corrected chi connectivity index (χ4v) is 4.12. The normalized spacial score (nSPS) is 13.5. The van der Waals surface area contributed by atoms with Gasteiger partial charge in [-0.25, -0.2) is 4.39 Å². The molecule has 108 valence electrons. The first-order chi connectivity index (χ1) is 8.92. The number of halogens is 1. The van der Waals surface area contributed by atoms with Gasteiger partial charge in [-0.05, 0) is 29.7 Å². The van der Waals surface area contributed by atoms with Gasteiger partial charge >= 0.3 is 0 Å². The topological polar surface area (TPSA) is 21.3 Å². The quantitative estimate of drug-likeness (QED) is 0.582. The Hall–Kier alpha value is -0.713. The summed E-state index contributed by atoms with van der Waals surface area (Å²) in [5.74, 6) is 0.245. The Balaban J connectivity index is 2.68. The van der Waals surface area contributed by atoms with Gasteiger partial charge in [-0.2, -0.15) is 0 Å². The molecule has 0 radical (unpaired) electrons. The van der Waals surface area contributed by atoms with Crippen molar-refractivity contribution in [2.75, 3.05) is 26.8 Å². The van der Waals surface area contributed by atoms with Crippen LogP contribution in [0.4, 0.5) is 4.39 Å². The minimum absolute atomic E-state index is 0.144. The number of nitrogens with one attached hydrogen (secondary N) is 1. The zero-order valence-electron chi connectivity index (χ0n) is 12.5. The van der Waals surface area contributed by atoms with Crippen LogP contribution in [-0.2, 0) is 4.74 Å². The second-order valence-corrected chi connectivity index (χ2v) is 11.7. The van der Waals surface area contributed by atoms with Gasteiger partial charge in [0.2, 0.25) is 0 Å². The summed E-state index contributed by atoms with van der Waals surface area (Å²) in [6.45, 7) is 9.51. The highest BCUT2D eigenvalue weighted by Gasteiger charge is 2.21. The molecule has 0 fully saturated rings. The number of hydrogen-bond acceptors (Lipinski definition) is 2. The number of rotatable bonds is 8. The minimum atomic E-state index is -1.18. The average molecular weight is 283 g/mol. The van der Waals surface area contributed by atoms with Crippen LogP contribution in [0.1, 0.15) is 11.5 Å². The Bertz CT molecular complexity index is 379. The number of ether oxygens (including phenoxy) is 1. The molecular formula is C15H26FNOSi. The Morgan fingerprint density at radius 3 is 2.63 bits per heavy atom. The molecule has 0 heterocycles. The largest absolute Gasteiger partial charge is 0.383 e. The number of methoxy groups -OCH3 is 1. The molecule has 0 aromatic heterocycles. The van der Waals surface area contributed by atoms with Crippen molar-refractivity contribution >= 4 is 8.07 Å². The second-order valence-electron chi connectivity index (χ2n) is 6.21. The SMILES string of the molecule is COCCNCC(C[Si](C)(C)C)c1cccc(F)c1. The van der Waals surface area contributed by atoms with Gasteiger partial charge < -0.3 is 10.1 Å². The maximum Gasteiger partial charge on any atom is 0.123 e. The van der Waals surface area contributed by atoms with E-state index in [0.717, 1.165) is 24.7 Å². The van der Waals surface area contributed by atoms with Crippen molar-refractivity contribution < 1.29 is 9.13 Å². The molecule has 0 bridgehead atoms. The summed E-state index contributed by atoms with van der Waals surface area (Å²) < 4.78 is 18.4. The van der Waals surface area contributed by atoms with E-state index in [1.807, 2.05) is 6.07 Å². The minimum Gasteiger partial charge on any atom is -0.383 e. The lowest BCUT2D eigenvalue weighted by Gasteiger charge is -2.25. The molecule has 1 aromatic rings. The van der Waals surface area contributed by atoms with E-state index < -0.39 is 8.07 Å². The van der Waals surface area contributed by atoms with Crippen LogP contribution in [0.2, 0.25) is 25.7 Å². The predicted molar refractivity (Wildman–Crippen MR) is 82.0 cm³/mol. The van der Waals surface area contributed by atoms with E-state index in [-0.39, 0.29) is 5.82 Å². The van der Waals surface area contributed by atoms with Crippen LogP contribution in [0.3, 0.4) is 0 Å². The first-order valence-corrected chi connectivity index (χ1v) is 10.6. The maximum atomic E-state index is 13.4. The van der Waals surface area contributed by atoms with Crippen LogP contribution >= 0.6 is 0 Å². The van der Waals surface area contributed by atoms with Gasteiger partial charge in [-0.1, -0.05) is 31.8 Å². The van der Waals surface area contributed by atoms with E-state index >= 15 is 0 Å². The summed E-state index contributed by atoms with van der Waals surface area (Å²) in [7, 11) is 0.520. The predicted octanol–water partition coefficient (Wildman–Crippen LogP) is 3.48. The van der Waals surface area contributed by atoms with Crippen molar-refractivity contribution in [2.24, 2.45) is 0 Å². The maximum absolute atomic E-state index is 13.4. The van der Waals surface area contributed by atoms with Crippen molar-refractivity contribution in [2.45, 2.75) is 31.6 Å². The summed E-state index contributed by atoms with van der Waals surface area (Å²) in [6.07, 6.45) is 0. The highest BCUT2D eigenvalue weighted by atomic mass is 28.3. The molecule has 0 aliphatic heterocycles. The fraction of sp³-hybridized carbons (Fsp3) is 0.600. The lowest BCUT2D eigenvalue weighted by molar-refractivity contribution is 0.199. The molecule has 0 aliphatic carbocycles. The molecule has 4 heteroatoms. The smallest absolute Gasteiger partial charge is 0.123 e. The standard InChI is InChI=1S/C15H26FNOSi/c1-18-9-8-17-11-14(12-19(2,3)4)13-6-5-7-15(16)10-13/h5-7,10,14,17H,8-9,11-12H2,1-4H3. The summed E-state index contributed by atoms with van der Waals surface area (Å²) in [5.41, 5.74) is 1.10. The van der Waals surface area contributed by atoms with Crippen molar-refractivity contribution in [3.63, 3.8) is 0 Å². The average Bonchev–Trinajstić information content (AvgIpc) is 2.32. The van der Waals surface area contributed by atoms with E-state index in [2.05, 4.69) is 25.0 Å². The third-order valence-corrected chi connectivity index (χ3v) is 4.77. The second kappa shape index (κ2) is 7.77. The van der Waals surface area contributed by atoms with Gasteiger partial charge in [0.25, 0.3) is 0 Å². The van der Waals surface area contributed by atoms with E-state index in [1.165, 1.54) is 6.07 Å². The Morgan fingerprint density at radius 1 is 1.32 bits per heavy atom. The zero-order chi connectivity index (χ0) is 14.3. The Labute approximate surface area is 117 Å². The van der Waals surface area contributed by atoms with Gasteiger partial charge in [0.1, 0.15) is 5.82 Å². The zero-order valence-corrected chi connectivity index (χ0v) is 13.5. The number of benzene rings is 1. The summed E-state index contributed by atoms with van der Waals surface area (Å²) in [6, 6.07) is 8.18. The van der Waals surface area contributed by atoms with Crippen LogP contribution < -0.4 is 5.32 Å². The molecule has 1 aromatic carbocycles. The summed E-state index contributed by atoms with van der Waals surface area (Å²) in [5, 5.41) is 3.40. The molecular weight excluding hydrogens is 257 g/mol. The lowest BCUT2D eigenvalue weighted by atomic mass is 10.0. The molecule has 0 saturated heterocycles. The van der Waals surface area contributed by atoms with Crippen LogP contribution in [0, 0.1) is 5.82 Å². The third-order valence-electron chi connectivity index (χ3n) is 3.05. The molecule has 1 N–H and O–H groups in total. The molecule has 1 rings (SSSR count). The van der Waals surface area contributed by atoms with E-state index in [9.17, 15) is 4.39 Å². The van der Waals surface area contributed by atoms with Crippen LogP contribution in [0.15, 0.2) is 24.3 Å². The summed E-state index contributed by atoms with van der Waals surface area (Å²) >= 11 is 0. The van der Waals surface area contributed by atoms with Gasteiger partial charge in [0.15, 0.2) is 0 Å². The van der Waals surface area contributed by atoms with Crippen LogP contribution in [-0.4, -0.2) is 34.9 Å². The van der Waals surface area contributed by atoms with E-state index in [0.29, 0.717) is 12.5 Å². The van der Waals surface area contributed by atoms with Crippen molar-refractivity contribution in [1.29, 1.82) is 0 Å². The van der Waals surface area contributed by atoms with E-state index in [1.54, 1.807) is 19.2 Å². The van der Waals surface area contributed by atoms with Gasteiger partial charge in [0.05, 0.1) is 6.61 Å². The summed E-state index contributed by atoms with van der Waals surface area (Å²) in [4.78, 5) is 0. The van der Waals surface area contributed by atoms with Gasteiger partial charge in [-0.15, -0.1) is 0 Å². The first kappa shape index (κ1) is 16.3. The molecule has 19 heavy (non-hydrogen) atoms. The molecule has 0 amide bonds.